The molecule has 0 bridgehead atoms. The molecule has 1 aromatic heterocycles. The molecule has 39 heavy (non-hydrogen) atoms. The zero-order chi connectivity index (χ0) is 27.1. The molecule has 4 aromatic rings. The monoisotopic (exact) mass is 521 g/mol. The van der Waals surface area contributed by atoms with Crippen LogP contribution in [-0.2, 0) is 11.4 Å². The summed E-state index contributed by atoms with van der Waals surface area (Å²) in [4.78, 5) is 27.6. The topological polar surface area (TPSA) is 85.4 Å². The number of hydrogen-bond acceptors (Lipinski definition) is 5. The van der Waals surface area contributed by atoms with Crippen molar-refractivity contribution in [3.05, 3.63) is 117 Å². The quantitative estimate of drug-likeness (QED) is 0.327. The SMILES string of the molecule is COc1ccc([C@@H]2C3=C(CC(C)(C)CC3=O)Nc3[nH]n(-c4ccccc4)c(=O)c32)cc1OCc1ccccc1. The Labute approximate surface area is 227 Å². The summed E-state index contributed by atoms with van der Waals surface area (Å²) in [6.45, 7) is 4.56. The normalized spacial score (nSPS) is 17.7. The summed E-state index contributed by atoms with van der Waals surface area (Å²) < 4.78 is 13.3. The lowest BCUT2D eigenvalue weighted by atomic mass is 9.69. The van der Waals surface area contributed by atoms with E-state index in [0.717, 1.165) is 22.5 Å². The fourth-order valence-electron chi connectivity index (χ4n) is 5.70. The van der Waals surface area contributed by atoms with Crippen molar-refractivity contribution in [2.45, 2.75) is 39.2 Å². The van der Waals surface area contributed by atoms with Crippen LogP contribution < -0.4 is 20.3 Å². The van der Waals surface area contributed by atoms with Gasteiger partial charge in [-0.05, 0) is 47.2 Å². The van der Waals surface area contributed by atoms with Crippen molar-refractivity contribution in [2.75, 3.05) is 12.4 Å². The summed E-state index contributed by atoms with van der Waals surface area (Å²) >= 11 is 0. The molecular weight excluding hydrogens is 490 g/mol. The number of carbonyl (C=O) groups excluding carboxylic acids is 1. The summed E-state index contributed by atoms with van der Waals surface area (Å²) in [7, 11) is 1.60. The van der Waals surface area contributed by atoms with Crippen molar-refractivity contribution in [3.8, 4) is 17.2 Å². The van der Waals surface area contributed by atoms with E-state index in [1.165, 1.54) is 4.68 Å². The van der Waals surface area contributed by atoms with Gasteiger partial charge in [-0.1, -0.05) is 68.4 Å². The number of anilines is 1. The molecule has 3 aromatic carbocycles. The van der Waals surface area contributed by atoms with E-state index in [9.17, 15) is 9.59 Å². The number of H-pyrrole nitrogens is 1. The van der Waals surface area contributed by atoms with Gasteiger partial charge in [0.15, 0.2) is 17.3 Å². The van der Waals surface area contributed by atoms with Gasteiger partial charge < -0.3 is 14.8 Å². The molecule has 198 valence electrons. The van der Waals surface area contributed by atoms with Crippen LogP contribution in [0.2, 0.25) is 0 Å². The first-order chi connectivity index (χ1) is 18.8. The third-order valence-corrected chi connectivity index (χ3v) is 7.47. The molecule has 0 amide bonds. The Kier molecular flexibility index (Phi) is 6.14. The molecule has 7 heteroatoms. The molecule has 2 heterocycles. The fourth-order valence-corrected chi connectivity index (χ4v) is 5.70. The average molecular weight is 522 g/mol. The van der Waals surface area contributed by atoms with E-state index in [-0.39, 0.29) is 16.8 Å². The minimum atomic E-state index is -0.543. The van der Waals surface area contributed by atoms with Gasteiger partial charge in [0.05, 0.1) is 18.4 Å². The van der Waals surface area contributed by atoms with E-state index in [0.29, 0.717) is 47.9 Å². The lowest BCUT2D eigenvalue weighted by Crippen LogP contribution is -2.35. The highest BCUT2D eigenvalue weighted by molar-refractivity contribution is 6.01. The number of ketones is 1. The summed E-state index contributed by atoms with van der Waals surface area (Å²) in [6.07, 6.45) is 1.13. The molecule has 2 N–H and O–H groups in total. The second-order valence-electron chi connectivity index (χ2n) is 11.0. The molecule has 6 rings (SSSR count). The first kappa shape index (κ1) is 24.8. The molecule has 0 radical (unpaired) electrons. The first-order valence-corrected chi connectivity index (χ1v) is 13.1. The zero-order valence-electron chi connectivity index (χ0n) is 22.3. The van der Waals surface area contributed by atoms with E-state index in [1.807, 2.05) is 78.9 Å². The van der Waals surface area contributed by atoms with E-state index in [1.54, 1.807) is 7.11 Å². The van der Waals surface area contributed by atoms with E-state index in [4.69, 9.17) is 9.47 Å². The maximum Gasteiger partial charge on any atom is 0.277 e. The molecule has 7 nitrogen and oxygen atoms in total. The number of nitrogens with zero attached hydrogens (tertiary/aromatic N) is 1. The maximum absolute atomic E-state index is 13.9. The third kappa shape index (κ3) is 4.54. The van der Waals surface area contributed by atoms with Crippen LogP contribution in [0.1, 0.15) is 49.3 Å². The van der Waals surface area contributed by atoms with Crippen molar-refractivity contribution in [2.24, 2.45) is 5.41 Å². The second-order valence-corrected chi connectivity index (χ2v) is 11.0. The smallest absolute Gasteiger partial charge is 0.277 e. The van der Waals surface area contributed by atoms with Crippen molar-refractivity contribution in [1.29, 1.82) is 0 Å². The van der Waals surface area contributed by atoms with Crippen LogP contribution in [0.15, 0.2) is 94.9 Å². The second kappa shape index (κ2) is 9.66. The number of methoxy groups -OCH3 is 1. The molecule has 0 unspecified atom stereocenters. The molecule has 0 saturated heterocycles. The predicted octanol–water partition coefficient (Wildman–Crippen LogP) is 5.95. The van der Waals surface area contributed by atoms with Crippen LogP contribution in [0.25, 0.3) is 5.69 Å². The molecular formula is C32H31N3O4. The van der Waals surface area contributed by atoms with Gasteiger partial charge in [-0.3, -0.25) is 14.7 Å². The number of rotatable bonds is 6. The highest BCUT2D eigenvalue weighted by Gasteiger charge is 2.43. The Bertz CT molecular complexity index is 1630. The van der Waals surface area contributed by atoms with Crippen LogP contribution in [0, 0.1) is 5.41 Å². The van der Waals surface area contributed by atoms with Crippen LogP contribution in [-0.4, -0.2) is 22.7 Å². The van der Waals surface area contributed by atoms with Gasteiger partial charge in [-0.15, -0.1) is 0 Å². The van der Waals surface area contributed by atoms with E-state index in [2.05, 4.69) is 24.3 Å². The maximum atomic E-state index is 13.9. The number of allylic oxidation sites excluding steroid dienone is 2. The Balaban J connectivity index is 1.49. The molecule has 0 fully saturated rings. The molecule has 2 aliphatic rings. The van der Waals surface area contributed by atoms with Gasteiger partial charge in [0.25, 0.3) is 5.56 Å². The minimum Gasteiger partial charge on any atom is -0.493 e. The zero-order valence-corrected chi connectivity index (χ0v) is 22.3. The fraction of sp³-hybridized carbons (Fsp3) is 0.250. The Morgan fingerprint density at radius 3 is 2.36 bits per heavy atom. The van der Waals surface area contributed by atoms with Crippen molar-refractivity contribution >= 4 is 11.6 Å². The number of fused-ring (bicyclic) bond motifs is 1. The number of hydrogen-bond donors (Lipinski definition) is 2. The summed E-state index contributed by atoms with van der Waals surface area (Å²) in [5.41, 5.74) is 4.21. The summed E-state index contributed by atoms with van der Waals surface area (Å²) in [5, 5.41) is 6.69. The van der Waals surface area contributed by atoms with Crippen LogP contribution in [0.5, 0.6) is 11.5 Å². The first-order valence-electron chi connectivity index (χ1n) is 13.1. The van der Waals surface area contributed by atoms with Crippen LogP contribution in [0.3, 0.4) is 0 Å². The van der Waals surface area contributed by atoms with Gasteiger partial charge >= 0.3 is 0 Å². The van der Waals surface area contributed by atoms with Gasteiger partial charge in [-0.25, -0.2) is 4.68 Å². The van der Waals surface area contributed by atoms with Gasteiger partial charge in [-0.2, -0.15) is 0 Å². The highest BCUT2D eigenvalue weighted by Crippen LogP contribution is 2.48. The summed E-state index contributed by atoms with van der Waals surface area (Å²) in [5.74, 6) is 1.27. The molecule has 0 saturated carbocycles. The van der Waals surface area contributed by atoms with E-state index >= 15 is 0 Å². The largest absolute Gasteiger partial charge is 0.493 e. The molecule has 1 aliphatic carbocycles. The summed E-state index contributed by atoms with van der Waals surface area (Å²) in [6, 6.07) is 25.0. The predicted molar refractivity (Wildman–Crippen MR) is 151 cm³/mol. The number of aromatic amines is 1. The molecule has 1 atom stereocenters. The third-order valence-electron chi connectivity index (χ3n) is 7.47. The number of nitrogens with one attached hydrogen (secondary N) is 2. The molecule has 0 spiro atoms. The van der Waals surface area contributed by atoms with Crippen LogP contribution >= 0.6 is 0 Å². The number of aromatic nitrogens is 2. The van der Waals surface area contributed by atoms with Gasteiger partial charge in [0, 0.05) is 23.6 Å². The average Bonchev–Trinajstić information content (AvgIpc) is 3.26. The number of Topliss-reactive ketones (excluding diaryl/α,β-unsaturated/α-hetero) is 1. The molecule has 1 aliphatic heterocycles. The van der Waals surface area contributed by atoms with Gasteiger partial charge in [0.1, 0.15) is 12.4 Å². The lowest BCUT2D eigenvalue weighted by Gasteiger charge is -2.38. The highest BCUT2D eigenvalue weighted by atomic mass is 16.5. The number of para-hydroxylation sites is 1. The Morgan fingerprint density at radius 2 is 1.64 bits per heavy atom. The van der Waals surface area contributed by atoms with Crippen LogP contribution in [0.4, 0.5) is 5.82 Å². The van der Waals surface area contributed by atoms with Crippen molar-refractivity contribution in [1.82, 2.24) is 9.78 Å². The Morgan fingerprint density at radius 1 is 0.923 bits per heavy atom. The van der Waals surface area contributed by atoms with Crippen molar-refractivity contribution in [3.63, 3.8) is 0 Å². The minimum absolute atomic E-state index is 0.0545. The van der Waals surface area contributed by atoms with Gasteiger partial charge in [0.2, 0.25) is 0 Å². The Hall–Kier alpha value is -4.52. The standard InChI is InChI=1S/C32H31N3O4/c1-32(2)17-23-28(24(36)18-32)27(29-30(33-23)34-35(31(29)37)22-12-8-5-9-13-22)21-14-15-25(38-3)26(16-21)39-19-20-10-6-4-7-11-20/h4-16,27,33-34H,17-19H2,1-3H3/t27-/m1/s1. The van der Waals surface area contributed by atoms with E-state index < -0.39 is 5.92 Å². The number of benzene rings is 3. The number of carbonyl (C=O) groups is 1. The number of ether oxygens (including phenoxy) is 2. The lowest BCUT2D eigenvalue weighted by molar-refractivity contribution is -0.118. The van der Waals surface area contributed by atoms with Crippen molar-refractivity contribution < 1.29 is 14.3 Å².